The quantitative estimate of drug-likeness (QED) is 0.142. The molecule has 0 bridgehead atoms. The molecule has 0 saturated heterocycles. The molecule has 0 aliphatic rings. The summed E-state index contributed by atoms with van der Waals surface area (Å²) in [6, 6.07) is 72.0. The molecule has 0 heterocycles. The predicted octanol–water partition coefficient (Wildman–Crippen LogP) is 25.5. The average molecular weight is 920 g/mol. The van der Waals surface area contributed by atoms with Crippen LogP contribution < -0.4 is 0 Å². The van der Waals surface area contributed by atoms with Gasteiger partial charge in [0.05, 0.1) is 0 Å². The summed E-state index contributed by atoms with van der Waals surface area (Å²) in [5.74, 6) is 0. The van der Waals surface area contributed by atoms with Crippen LogP contribution in [0.1, 0.15) is 208 Å². The summed E-state index contributed by atoms with van der Waals surface area (Å²) in [5.41, 5.74) is 0. The van der Waals surface area contributed by atoms with Gasteiger partial charge in [0.15, 0.2) is 0 Å². The fraction of sp³-hybridized carbons (Fsp3) is 0.455. The van der Waals surface area contributed by atoms with E-state index >= 15 is 0 Å². The second-order valence-electron chi connectivity index (χ2n) is 6.93. The zero-order valence-corrected chi connectivity index (χ0v) is 50.8. The maximum absolute atomic E-state index is 2.00. The minimum absolute atomic E-state index is 2.00. The molecule has 6 aromatic carbocycles. The van der Waals surface area contributed by atoms with Gasteiger partial charge in [0, 0.05) is 0 Å². The van der Waals surface area contributed by atoms with Crippen molar-refractivity contribution >= 4 is 0 Å². The van der Waals surface area contributed by atoms with Gasteiger partial charge in [-0.25, -0.2) is 0 Å². The highest BCUT2D eigenvalue weighted by Gasteiger charge is 1.61. The highest BCUT2D eigenvalue weighted by atomic mass is 13.7. The van der Waals surface area contributed by atoms with E-state index in [0.29, 0.717) is 0 Å². The maximum Gasteiger partial charge on any atom is -0.0623 e. The van der Waals surface area contributed by atoms with Gasteiger partial charge in [-0.3, -0.25) is 0 Å². The van der Waals surface area contributed by atoms with Gasteiger partial charge in [0.1, 0.15) is 0 Å². The van der Waals surface area contributed by atoms with E-state index in [1.165, 1.54) is 0 Å². The molecule has 6 rings (SSSR count). The molecule has 0 unspecified atom stereocenters. The molecule has 66 heavy (non-hydrogen) atoms. The molecule has 0 atom stereocenters. The number of hydrogen-bond acceptors (Lipinski definition) is 0. The van der Waals surface area contributed by atoms with E-state index in [9.17, 15) is 0 Å². The second kappa shape index (κ2) is 216. The summed E-state index contributed by atoms with van der Waals surface area (Å²) in [5, 5.41) is 0. The molecule has 0 amide bonds. The highest BCUT2D eigenvalue weighted by Crippen LogP contribution is 1.83. The molecule has 0 aliphatic heterocycles. The lowest BCUT2D eigenvalue weighted by Gasteiger charge is -1.69. The Morgan fingerprint density at radius 2 is 0.0758 bits per heavy atom. The average Bonchev–Trinajstić information content (AvgIpc) is 3.52. The van der Waals surface area contributed by atoms with Crippen molar-refractivity contribution in [2.24, 2.45) is 0 Å². The Kier molecular flexibility index (Phi) is 341. The Morgan fingerprint density at radius 3 is 0.0909 bits per heavy atom. The maximum atomic E-state index is 2.00. The fourth-order valence-corrected chi connectivity index (χ4v) is 2.31. The van der Waals surface area contributed by atoms with E-state index in [1.807, 2.05) is 426 Å². The Labute approximate surface area is 424 Å². The summed E-state index contributed by atoms with van der Waals surface area (Å²) >= 11 is 0. The fourth-order valence-electron chi connectivity index (χ4n) is 2.31. The standard InChI is InChI=1S/6C6H6.15C2H6/c6*1-2-4-6-5-3-1;15*1-2/h6*1-6H;15*1-2H3. The van der Waals surface area contributed by atoms with Crippen molar-refractivity contribution in [2.45, 2.75) is 208 Å². The largest absolute Gasteiger partial charge is 0.0683 e. The van der Waals surface area contributed by atoms with E-state index in [-0.39, 0.29) is 0 Å². The molecule has 0 saturated carbocycles. The van der Waals surface area contributed by atoms with Crippen molar-refractivity contribution in [3.05, 3.63) is 218 Å². The molecule has 0 radical (unpaired) electrons. The van der Waals surface area contributed by atoms with Crippen molar-refractivity contribution in [1.82, 2.24) is 0 Å². The minimum atomic E-state index is 2.00. The zero-order valence-electron chi connectivity index (χ0n) is 50.8. The Hall–Kier alpha value is -4.68. The van der Waals surface area contributed by atoms with E-state index in [2.05, 4.69) is 0 Å². The van der Waals surface area contributed by atoms with Gasteiger partial charge < -0.3 is 0 Å². The van der Waals surface area contributed by atoms with Crippen molar-refractivity contribution in [2.75, 3.05) is 0 Å². The van der Waals surface area contributed by atoms with Crippen LogP contribution in [0.2, 0.25) is 0 Å². The first-order chi connectivity index (χ1) is 33.0. The SMILES string of the molecule is CC.CC.CC.CC.CC.CC.CC.CC.CC.CC.CC.CC.CC.CC.CC.c1ccccc1.c1ccccc1.c1ccccc1.c1ccccc1.c1ccccc1.c1ccccc1. The number of benzene rings is 6. The van der Waals surface area contributed by atoms with E-state index < -0.39 is 0 Å². The lowest BCUT2D eigenvalue weighted by molar-refractivity contribution is 1.50. The summed E-state index contributed by atoms with van der Waals surface area (Å²) in [6.07, 6.45) is 0. The van der Waals surface area contributed by atoms with Crippen LogP contribution in [0.5, 0.6) is 0 Å². The van der Waals surface area contributed by atoms with Gasteiger partial charge in [-0.1, -0.05) is 426 Å². The van der Waals surface area contributed by atoms with E-state index in [4.69, 9.17) is 0 Å². The van der Waals surface area contributed by atoms with E-state index in [1.54, 1.807) is 0 Å². The summed E-state index contributed by atoms with van der Waals surface area (Å²) in [7, 11) is 0. The molecule has 0 nitrogen and oxygen atoms in total. The van der Waals surface area contributed by atoms with Crippen molar-refractivity contribution < 1.29 is 0 Å². The summed E-state index contributed by atoms with van der Waals surface area (Å²) in [6.45, 7) is 60.0. The smallest absolute Gasteiger partial charge is 0.0623 e. The molecule has 6 aromatic rings. The highest BCUT2D eigenvalue weighted by molar-refractivity contribution is 5.02. The topological polar surface area (TPSA) is 0 Å². The first kappa shape index (κ1) is 104. The van der Waals surface area contributed by atoms with Crippen molar-refractivity contribution in [1.29, 1.82) is 0 Å². The van der Waals surface area contributed by atoms with Crippen LogP contribution in [0.25, 0.3) is 0 Å². The predicted molar refractivity (Wildman–Crippen MR) is 329 cm³/mol. The Balaban J connectivity index is -0.0000000327. The molecule has 0 aliphatic carbocycles. The van der Waals surface area contributed by atoms with E-state index in [0.717, 1.165) is 0 Å². The Bertz CT molecular complexity index is 676. The third kappa shape index (κ3) is 206. The van der Waals surface area contributed by atoms with Crippen molar-refractivity contribution in [3.63, 3.8) is 0 Å². The van der Waals surface area contributed by atoms with Crippen LogP contribution in [0.4, 0.5) is 0 Å². The lowest BCUT2D eigenvalue weighted by atomic mass is 10.4. The molecular weight excluding hydrogens is 793 g/mol. The summed E-state index contributed by atoms with van der Waals surface area (Å²) < 4.78 is 0. The van der Waals surface area contributed by atoms with Gasteiger partial charge in [-0.15, -0.1) is 0 Å². The normalized spacial score (nSPS) is 5.73. The molecule has 0 spiro atoms. The number of hydrogen-bond donors (Lipinski definition) is 0. The second-order valence-corrected chi connectivity index (χ2v) is 6.93. The molecule has 0 aromatic heterocycles. The van der Waals surface area contributed by atoms with Crippen LogP contribution in [0, 0.1) is 0 Å². The van der Waals surface area contributed by atoms with Gasteiger partial charge in [-0.05, 0) is 0 Å². The molecule has 0 fully saturated rings. The monoisotopic (exact) mass is 919 g/mol. The van der Waals surface area contributed by atoms with Crippen LogP contribution in [0.15, 0.2) is 218 Å². The van der Waals surface area contributed by atoms with Crippen LogP contribution in [-0.2, 0) is 0 Å². The van der Waals surface area contributed by atoms with Crippen LogP contribution in [0.3, 0.4) is 0 Å². The third-order valence-corrected chi connectivity index (χ3v) is 4.00. The van der Waals surface area contributed by atoms with Crippen LogP contribution in [-0.4, -0.2) is 0 Å². The summed E-state index contributed by atoms with van der Waals surface area (Å²) in [4.78, 5) is 0. The molecule has 390 valence electrons. The Morgan fingerprint density at radius 1 is 0.0606 bits per heavy atom. The number of rotatable bonds is 0. The molecule has 0 N–H and O–H groups in total. The molecule has 0 heteroatoms. The lowest BCUT2D eigenvalue weighted by Crippen LogP contribution is -1.47. The first-order valence-electron chi connectivity index (χ1n) is 27.0. The van der Waals surface area contributed by atoms with Gasteiger partial charge in [-0.2, -0.15) is 0 Å². The van der Waals surface area contributed by atoms with Crippen LogP contribution >= 0.6 is 0 Å². The molecular formula is C66H126. The van der Waals surface area contributed by atoms with Gasteiger partial charge in [0.25, 0.3) is 0 Å². The van der Waals surface area contributed by atoms with Gasteiger partial charge >= 0.3 is 0 Å². The zero-order chi connectivity index (χ0) is 55.5. The van der Waals surface area contributed by atoms with Gasteiger partial charge in [0.2, 0.25) is 0 Å². The third-order valence-electron chi connectivity index (χ3n) is 4.00. The minimum Gasteiger partial charge on any atom is -0.0683 e. The first-order valence-corrected chi connectivity index (χ1v) is 27.0. The van der Waals surface area contributed by atoms with Crippen molar-refractivity contribution in [3.8, 4) is 0 Å².